The molecule has 0 radical (unpaired) electrons. The third-order valence-electron chi connectivity index (χ3n) is 4.24. The van der Waals surface area contributed by atoms with Crippen molar-refractivity contribution in [1.82, 2.24) is 0 Å². The molecule has 0 unspecified atom stereocenters. The lowest BCUT2D eigenvalue weighted by molar-refractivity contribution is -0.118. The van der Waals surface area contributed by atoms with Crippen molar-refractivity contribution in [3.05, 3.63) is 12.2 Å². The average Bonchev–Trinajstić information content (AvgIpc) is 2.83. The minimum Gasteiger partial charge on any atom is -0.366 e. The molecule has 0 aromatic rings. The van der Waals surface area contributed by atoms with Gasteiger partial charge in [-0.3, -0.25) is 4.79 Å². The molecular weight excluding hydrogens is 212 g/mol. The first-order valence-electron chi connectivity index (χ1n) is 6.73. The van der Waals surface area contributed by atoms with Crippen molar-refractivity contribution in [2.24, 2.45) is 11.3 Å². The highest BCUT2D eigenvalue weighted by atomic mass is 16.6. The summed E-state index contributed by atoms with van der Waals surface area (Å²) >= 11 is 0. The number of fused-ring (bicyclic) bond motifs is 1. The zero-order valence-corrected chi connectivity index (χ0v) is 11.5. The van der Waals surface area contributed by atoms with Gasteiger partial charge < -0.3 is 4.74 Å². The van der Waals surface area contributed by atoms with Crippen LogP contribution in [0, 0.1) is 11.3 Å². The topological polar surface area (TPSA) is 29.6 Å². The monoisotopic (exact) mass is 236 g/mol. The number of epoxide rings is 1. The van der Waals surface area contributed by atoms with Crippen molar-refractivity contribution in [2.45, 2.75) is 65.1 Å². The SMILES string of the molecule is C[C@@H]1CCC[C@@]2(C)O[C@@H]2CC(C)(C)/C=C/C1=O. The molecule has 2 heteroatoms. The maximum atomic E-state index is 11.9. The molecular formula is C15H24O2. The number of allylic oxidation sites excluding steroid dienone is 2. The Morgan fingerprint density at radius 3 is 2.76 bits per heavy atom. The molecule has 3 atom stereocenters. The molecule has 1 aliphatic carbocycles. The third kappa shape index (κ3) is 2.98. The smallest absolute Gasteiger partial charge is 0.158 e. The van der Waals surface area contributed by atoms with Crippen LogP contribution in [0.15, 0.2) is 12.2 Å². The molecule has 1 heterocycles. The summed E-state index contributed by atoms with van der Waals surface area (Å²) in [4.78, 5) is 11.9. The summed E-state index contributed by atoms with van der Waals surface area (Å²) in [6, 6.07) is 0. The summed E-state index contributed by atoms with van der Waals surface area (Å²) in [6.07, 6.45) is 8.41. The van der Waals surface area contributed by atoms with Gasteiger partial charge in [-0.2, -0.15) is 0 Å². The third-order valence-corrected chi connectivity index (χ3v) is 4.24. The molecule has 2 aliphatic rings. The van der Waals surface area contributed by atoms with Crippen molar-refractivity contribution < 1.29 is 9.53 Å². The van der Waals surface area contributed by atoms with Gasteiger partial charge in [0.1, 0.15) is 0 Å². The molecule has 1 saturated heterocycles. The van der Waals surface area contributed by atoms with Crippen LogP contribution in [0.2, 0.25) is 0 Å². The van der Waals surface area contributed by atoms with Crippen LogP contribution in [-0.2, 0) is 9.53 Å². The Bertz CT molecular complexity index is 343. The number of rotatable bonds is 0. The van der Waals surface area contributed by atoms with Gasteiger partial charge in [-0.15, -0.1) is 0 Å². The Labute approximate surface area is 104 Å². The van der Waals surface area contributed by atoms with Gasteiger partial charge in [0.2, 0.25) is 0 Å². The quantitative estimate of drug-likeness (QED) is 0.602. The second-order valence-electron chi connectivity index (χ2n) is 6.64. The fourth-order valence-corrected chi connectivity index (χ4v) is 2.69. The molecule has 96 valence electrons. The van der Waals surface area contributed by atoms with E-state index in [9.17, 15) is 4.79 Å². The number of hydrogen-bond donors (Lipinski definition) is 0. The van der Waals surface area contributed by atoms with Crippen LogP contribution in [0.1, 0.15) is 53.4 Å². The maximum Gasteiger partial charge on any atom is 0.158 e. The zero-order valence-electron chi connectivity index (χ0n) is 11.5. The van der Waals surface area contributed by atoms with Crippen LogP contribution in [0.25, 0.3) is 0 Å². The second-order valence-corrected chi connectivity index (χ2v) is 6.64. The molecule has 2 rings (SSSR count). The number of hydrogen-bond acceptors (Lipinski definition) is 2. The first-order chi connectivity index (χ1) is 7.82. The molecule has 0 bridgehead atoms. The highest BCUT2D eigenvalue weighted by Gasteiger charge is 2.52. The Hall–Kier alpha value is -0.630. The molecule has 0 aromatic carbocycles. The van der Waals surface area contributed by atoms with Crippen LogP contribution in [0.5, 0.6) is 0 Å². The van der Waals surface area contributed by atoms with Crippen molar-refractivity contribution >= 4 is 5.78 Å². The average molecular weight is 236 g/mol. The summed E-state index contributed by atoms with van der Waals surface area (Å²) in [5.74, 6) is 0.431. The van der Waals surface area contributed by atoms with Gasteiger partial charge in [0.05, 0.1) is 11.7 Å². The predicted octanol–water partition coefficient (Wildman–Crippen LogP) is 3.51. The van der Waals surface area contributed by atoms with E-state index in [1.807, 2.05) is 6.92 Å². The summed E-state index contributed by atoms with van der Waals surface area (Å²) in [5, 5.41) is 0. The zero-order chi connectivity index (χ0) is 12.7. The Morgan fingerprint density at radius 2 is 2.06 bits per heavy atom. The summed E-state index contributed by atoms with van der Waals surface area (Å²) in [7, 11) is 0. The molecule has 0 saturated carbocycles. The molecule has 0 aromatic heterocycles. The normalized spacial score (nSPS) is 43.4. The van der Waals surface area contributed by atoms with Crippen molar-refractivity contribution in [2.75, 3.05) is 0 Å². The minimum absolute atomic E-state index is 0.0577. The van der Waals surface area contributed by atoms with Crippen LogP contribution in [-0.4, -0.2) is 17.5 Å². The lowest BCUT2D eigenvalue weighted by atomic mass is 9.84. The van der Waals surface area contributed by atoms with E-state index in [0.29, 0.717) is 6.10 Å². The second kappa shape index (κ2) is 4.24. The maximum absolute atomic E-state index is 11.9. The minimum atomic E-state index is 0.0577. The summed E-state index contributed by atoms with van der Waals surface area (Å²) in [5.41, 5.74) is 0.139. The van der Waals surface area contributed by atoms with Gasteiger partial charge >= 0.3 is 0 Å². The number of ether oxygens (including phenoxy) is 1. The van der Waals surface area contributed by atoms with Gasteiger partial charge in [0.25, 0.3) is 0 Å². The molecule has 0 amide bonds. The molecule has 1 aliphatic heterocycles. The fraction of sp³-hybridized carbons (Fsp3) is 0.800. The van der Waals surface area contributed by atoms with Crippen LogP contribution >= 0.6 is 0 Å². The number of carbonyl (C=O) groups is 1. The number of ketones is 1. The predicted molar refractivity (Wildman–Crippen MR) is 68.8 cm³/mol. The van der Waals surface area contributed by atoms with E-state index in [2.05, 4.69) is 26.8 Å². The van der Waals surface area contributed by atoms with Gasteiger partial charge in [-0.1, -0.05) is 26.8 Å². The standard InChI is InChI=1S/C15H24O2/c1-11-6-5-8-15(4)13(17-15)10-14(2,3)9-7-12(11)16/h7,9,11,13H,5-6,8,10H2,1-4H3/b9-7+/t11-,13-,15-/m1/s1. The Morgan fingerprint density at radius 1 is 1.35 bits per heavy atom. The first-order valence-corrected chi connectivity index (χ1v) is 6.73. The molecule has 1 fully saturated rings. The first kappa shape index (κ1) is 12.8. The fourth-order valence-electron chi connectivity index (χ4n) is 2.69. The van der Waals surface area contributed by atoms with Gasteiger partial charge in [0, 0.05) is 5.92 Å². The van der Waals surface area contributed by atoms with E-state index < -0.39 is 0 Å². The van der Waals surface area contributed by atoms with E-state index in [1.54, 1.807) is 6.08 Å². The largest absolute Gasteiger partial charge is 0.366 e. The number of carbonyl (C=O) groups excluding carboxylic acids is 1. The Balaban J connectivity index is 2.13. The van der Waals surface area contributed by atoms with Crippen molar-refractivity contribution in [1.29, 1.82) is 0 Å². The molecule has 17 heavy (non-hydrogen) atoms. The van der Waals surface area contributed by atoms with Crippen LogP contribution < -0.4 is 0 Å². The van der Waals surface area contributed by atoms with Gasteiger partial charge in [-0.05, 0) is 44.1 Å². The van der Waals surface area contributed by atoms with Gasteiger partial charge in [0.15, 0.2) is 5.78 Å². The van der Waals surface area contributed by atoms with Crippen LogP contribution in [0.4, 0.5) is 0 Å². The summed E-state index contributed by atoms with van der Waals surface area (Å²) < 4.78 is 5.86. The van der Waals surface area contributed by atoms with Crippen molar-refractivity contribution in [3.63, 3.8) is 0 Å². The van der Waals surface area contributed by atoms with Crippen LogP contribution in [0.3, 0.4) is 0 Å². The highest BCUT2D eigenvalue weighted by Crippen LogP contribution is 2.47. The summed E-state index contributed by atoms with van der Waals surface area (Å²) in [6.45, 7) is 8.61. The van der Waals surface area contributed by atoms with E-state index in [-0.39, 0.29) is 22.7 Å². The lowest BCUT2D eigenvalue weighted by Gasteiger charge is -2.19. The van der Waals surface area contributed by atoms with E-state index in [1.165, 1.54) is 0 Å². The van der Waals surface area contributed by atoms with Gasteiger partial charge in [-0.25, -0.2) is 0 Å². The van der Waals surface area contributed by atoms with E-state index >= 15 is 0 Å². The molecule has 0 N–H and O–H groups in total. The highest BCUT2D eigenvalue weighted by molar-refractivity contribution is 5.91. The van der Waals surface area contributed by atoms with E-state index in [0.717, 1.165) is 25.7 Å². The molecule has 2 nitrogen and oxygen atoms in total. The molecule has 0 spiro atoms. The Kier molecular flexibility index (Phi) is 3.19. The van der Waals surface area contributed by atoms with Crippen molar-refractivity contribution in [3.8, 4) is 0 Å². The lowest BCUT2D eigenvalue weighted by Crippen LogP contribution is -2.17. The van der Waals surface area contributed by atoms with E-state index in [4.69, 9.17) is 4.74 Å².